The summed E-state index contributed by atoms with van der Waals surface area (Å²) in [5.41, 5.74) is 6.65. The van der Waals surface area contributed by atoms with Gasteiger partial charge in [-0.1, -0.05) is 115 Å². The fourth-order valence-electron chi connectivity index (χ4n) is 4.81. The third-order valence-corrected chi connectivity index (χ3v) is 6.52. The highest BCUT2D eigenvalue weighted by Crippen LogP contribution is 2.39. The van der Waals surface area contributed by atoms with Crippen molar-refractivity contribution < 1.29 is 4.42 Å². The topological polar surface area (TPSA) is 38.9 Å². The fraction of sp³-hybridized carbons (Fsp3) is 0. The van der Waals surface area contributed by atoms with Crippen LogP contribution in [0.5, 0.6) is 0 Å². The van der Waals surface area contributed by atoms with E-state index in [9.17, 15) is 0 Å². The van der Waals surface area contributed by atoms with Crippen molar-refractivity contribution in [1.82, 2.24) is 9.97 Å². The van der Waals surface area contributed by atoms with Crippen LogP contribution < -0.4 is 0 Å². The quantitative estimate of drug-likeness (QED) is 0.272. The average molecular weight is 449 g/mol. The number of hydrogen-bond donors (Lipinski definition) is 0. The molecule has 5 aromatic carbocycles. The minimum Gasteiger partial charge on any atom is -0.438 e. The number of aromatic nitrogens is 2. The third-order valence-electron chi connectivity index (χ3n) is 6.52. The zero-order chi connectivity index (χ0) is 23.2. The van der Waals surface area contributed by atoms with Crippen molar-refractivity contribution in [2.45, 2.75) is 0 Å². The summed E-state index contributed by atoms with van der Waals surface area (Å²) in [5.74, 6) is 0.652. The molecule has 164 valence electrons. The molecule has 0 radical (unpaired) electrons. The van der Waals surface area contributed by atoms with E-state index in [0.717, 1.165) is 44.1 Å². The summed E-state index contributed by atoms with van der Waals surface area (Å²) in [6.45, 7) is 0. The summed E-state index contributed by atoms with van der Waals surface area (Å²) in [5, 5.41) is 4.32. The van der Waals surface area contributed by atoms with Crippen molar-refractivity contribution in [2.24, 2.45) is 0 Å². The van der Waals surface area contributed by atoms with E-state index >= 15 is 0 Å². The lowest BCUT2D eigenvalue weighted by atomic mass is 10.0. The summed E-state index contributed by atoms with van der Waals surface area (Å²) in [4.78, 5) is 10.0. The van der Waals surface area contributed by atoms with Gasteiger partial charge < -0.3 is 4.42 Å². The van der Waals surface area contributed by atoms with Crippen LogP contribution in [0.4, 0.5) is 0 Å². The van der Waals surface area contributed by atoms with Gasteiger partial charge in [-0.15, -0.1) is 0 Å². The molecule has 0 N–H and O–H groups in total. The summed E-state index contributed by atoms with van der Waals surface area (Å²) >= 11 is 0. The number of nitrogens with zero attached hydrogens (tertiary/aromatic N) is 2. The highest BCUT2D eigenvalue weighted by atomic mass is 16.3. The lowest BCUT2D eigenvalue weighted by molar-refractivity contribution is 0.654. The van der Waals surface area contributed by atoms with E-state index in [1.807, 2.05) is 30.3 Å². The second-order valence-corrected chi connectivity index (χ2v) is 8.65. The van der Waals surface area contributed by atoms with Crippen molar-refractivity contribution in [3.63, 3.8) is 0 Å². The van der Waals surface area contributed by atoms with Gasteiger partial charge in [-0.3, -0.25) is 0 Å². The van der Waals surface area contributed by atoms with Crippen LogP contribution in [-0.2, 0) is 0 Å². The highest BCUT2D eigenvalue weighted by molar-refractivity contribution is 6.21. The Kier molecular flexibility index (Phi) is 4.46. The standard InChI is InChI=1S/C32H20N2O/c1-3-9-21(10-4-1)22-15-17-25(18-16-22)31-33-30(24-12-5-2-6-13-24)29-28-26-14-8-7-11-23(26)19-20-27(28)35-32(29)34-31/h1-20H. The van der Waals surface area contributed by atoms with Gasteiger partial charge in [-0.05, 0) is 28.0 Å². The molecule has 7 rings (SSSR count). The second kappa shape index (κ2) is 7.93. The smallest absolute Gasteiger partial charge is 0.231 e. The minimum atomic E-state index is 0.604. The Morgan fingerprint density at radius 3 is 1.86 bits per heavy atom. The number of rotatable bonds is 3. The Balaban J connectivity index is 1.49. The minimum absolute atomic E-state index is 0.604. The van der Waals surface area contributed by atoms with Crippen molar-refractivity contribution in [2.75, 3.05) is 0 Å². The van der Waals surface area contributed by atoms with Crippen molar-refractivity contribution >= 4 is 32.8 Å². The molecule has 35 heavy (non-hydrogen) atoms. The summed E-state index contributed by atoms with van der Waals surface area (Å²) in [6.07, 6.45) is 0. The molecule has 3 nitrogen and oxygen atoms in total. The molecule has 0 saturated carbocycles. The van der Waals surface area contributed by atoms with E-state index in [0.29, 0.717) is 11.5 Å². The molecule has 0 aliphatic carbocycles. The van der Waals surface area contributed by atoms with Gasteiger partial charge in [0.1, 0.15) is 5.58 Å². The van der Waals surface area contributed by atoms with Gasteiger partial charge in [0.2, 0.25) is 5.71 Å². The molecule has 0 aliphatic heterocycles. The van der Waals surface area contributed by atoms with Gasteiger partial charge in [0.15, 0.2) is 5.82 Å². The SMILES string of the molecule is c1ccc(-c2ccc(-c3nc(-c4ccccc4)c4c(n3)oc3ccc5ccccc5c34)cc2)cc1. The van der Waals surface area contributed by atoms with Gasteiger partial charge in [0.05, 0.1) is 11.1 Å². The van der Waals surface area contributed by atoms with E-state index in [1.54, 1.807) is 0 Å². The molecule has 0 bridgehead atoms. The predicted octanol–water partition coefficient (Wildman–Crippen LogP) is 8.53. The molecule has 2 aromatic heterocycles. The first kappa shape index (κ1) is 19.7. The first-order valence-electron chi connectivity index (χ1n) is 11.7. The number of fused-ring (bicyclic) bond motifs is 5. The Bertz CT molecular complexity index is 1820. The van der Waals surface area contributed by atoms with Crippen LogP contribution in [0, 0.1) is 0 Å². The fourth-order valence-corrected chi connectivity index (χ4v) is 4.81. The van der Waals surface area contributed by atoms with Crippen LogP contribution >= 0.6 is 0 Å². The Morgan fingerprint density at radius 1 is 0.457 bits per heavy atom. The monoisotopic (exact) mass is 448 g/mol. The molecular weight excluding hydrogens is 428 g/mol. The maximum absolute atomic E-state index is 6.33. The van der Waals surface area contributed by atoms with Gasteiger partial charge >= 0.3 is 0 Å². The van der Waals surface area contributed by atoms with Gasteiger partial charge in [0.25, 0.3) is 0 Å². The zero-order valence-corrected chi connectivity index (χ0v) is 18.8. The van der Waals surface area contributed by atoms with E-state index in [4.69, 9.17) is 14.4 Å². The molecular formula is C32H20N2O. The van der Waals surface area contributed by atoms with Crippen LogP contribution in [0.25, 0.3) is 66.6 Å². The predicted molar refractivity (Wildman–Crippen MR) is 143 cm³/mol. The van der Waals surface area contributed by atoms with Gasteiger partial charge in [0, 0.05) is 16.5 Å². The van der Waals surface area contributed by atoms with Gasteiger partial charge in [-0.2, -0.15) is 4.98 Å². The maximum Gasteiger partial charge on any atom is 0.231 e. The zero-order valence-electron chi connectivity index (χ0n) is 18.8. The molecule has 0 unspecified atom stereocenters. The maximum atomic E-state index is 6.33. The molecule has 0 atom stereocenters. The van der Waals surface area contributed by atoms with Crippen molar-refractivity contribution in [1.29, 1.82) is 0 Å². The van der Waals surface area contributed by atoms with Crippen LogP contribution in [0.2, 0.25) is 0 Å². The summed E-state index contributed by atoms with van der Waals surface area (Å²) in [7, 11) is 0. The molecule has 0 aliphatic rings. The number of furan rings is 1. The molecule has 3 heteroatoms. The normalized spacial score (nSPS) is 11.4. The van der Waals surface area contributed by atoms with Crippen LogP contribution in [0.15, 0.2) is 126 Å². The Morgan fingerprint density at radius 2 is 1.09 bits per heavy atom. The molecule has 0 saturated heterocycles. The molecule has 7 aromatic rings. The van der Waals surface area contributed by atoms with Crippen LogP contribution in [0.3, 0.4) is 0 Å². The van der Waals surface area contributed by atoms with Crippen LogP contribution in [-0.4, -0.2) is 9.97 Å². The lowest BCUT2D eigenvalue weighted by Crippen LogP contribution is -1.94. The lowest BCUT2D eigenvalue weighted by Gasteiger charge is -2.08. The van der Waals surface area contributed by atoms with E-state index in [2.05, 4.69) is 91.0 Å². The van der Waals surface area contributed by atoms with Crippen molar-refractivity contribution in [3.05, 3.63) is 121 Å². The van der Waals surface area contributed by atoms with Gasteiger partial charge in [-0.25, -0.2) is 4.98 Å². The Hall–Kier alpha value is -4.76. The summed E-state index contributed by atoms with van der Waals surface area (Å²) in [6, 6.07) is 41.6. The third kappa shape index (κ3) is 3.29. The summed E-state index contributed by atoms with van der Waals surface area (Å²) < 4.78 is 6.33. The number of hydrogen-bond acceptors (Lipinski definition) is 3. The second-order valence-electron chi connectivity index (χ2n) is 8.65. The largest absolute Gasteiger partial charge is 0.438 e. The number of benzene rings is 5. The van der Waals surface area contributed by atoms with E-state index in [-0.39, 0.29) is 0 Å². The van der Waals surface area contributed by atoms with E-state index < -0.39 is 0 Å². The average Bonchev–Trinajstić information content (AvgIpc) is 3.33. The molecule has 0 spiro atoms. The van der Waals surface area contributed by atoms with Crippen LogP contribution in [0.1, 0.15) is 0 Å². The molecule has 0 fully saturated rings. The van der Waals surface area contributed by atoms with E-state index in [1.165, 1.54) is 10.9 Å². The first-order chi connectivity index (χ1) is 17.3. The molecule has 2 heterocycles. The van der Waals surface area contributed by atoms with Crippen molar-refractivity contribution in [3.8, 4) is 33.8 Å². The molecule has 0 amide bonds. The highest BCUT2D eigenvalue weighted by Gasteiger charge is 2.19. The first-order valence-corrected chi connectivity index (χ1v) is 11.7. The Labute approximate surface area is 202 Å².